The van der Waals surface area contributed by atoms with Crippen LogP contribution in [0.5, 0.6) is 0 Å². The van der Waals surface area contributed by atoms with Gasteiger partial charge in [0, 0.05) is 18.3 Å². The second-order valence-corrected chi connectivity index (χ2v) is 9.77. The normalized spacial score (nSPS) is 11.5. The third-order valence-corrected chi connectivity index (χ3v) is 6.28. The summed E-state index contributed by atoms with van der Waals surface area (Å²) in [5.41, 5.74) is 3.61. The molecule has 0 aliphatic rings. The van der Waals surface area contributed by atoms with E-state index in [9.17, 15) is 18.0 Å². The van der Waals surface area contributed by atoms with Crippen molar-refractivity contribution in [3.8, 4) is 11.3 Å². The van der Waals surface area contributed by atoms with Crippen molar-refractivity contribution >= 4 is 15.9 Å². The molecular weight excluding hydrogens is 426 g/mol. The Hall–Kier alpha value is -3.23. The Morgan fingerprint density at radius 3 is 2.31 bits per heavy atom. The summed E-state index contributed by atoms with van der Waals surface area (Å²) in [6.07, 6.45) is 0. The lowest BCUT2D eigenvalue weighted by Gasteiger charge is -2.10. The van der Waals surface area contributed by atoms with E-state index in [4.69, 9.17) is 0 Å². The van der Waals surface area contributed by atoms with Crippen molar-refractivity contribution in [1.29, 1.82) is 0 Å². The summed E-state index contributed by atoms with van der Waals surface area (Å²) in [4.78, 5) is 27.7. The van der Waals surface area contributed by atoms with Crippen LogP contribution in [-0.4, -0.2) is 25.4 Å². The maximum absolute atomic E-state index is 12.5. The molecule has 3 rings (SSSR count). The Labute approximate surface area is 188 Å². The molecule has 0 spiro atoms. The fraction of sp³-hybridized carbons (Fsp3) is 0.250. The van der Waals surface area contributed by atoms with Gasteiger partial charge in [-0.05, 0) is 55.7 Å². The molecule has 168 valence electrons. The first-order valence-corrected chi connectivity index (χ1v) is 11.9. The van der Waals surface area contributed by atoms with E-state index in [2.05, 4.69) is 15.0 Å². The average molecular weight is 454 g/mol. The predicted octanol–water partition coefficient (Wildman–Crippen LogP) is 3.11. The third-order valence-electron chi connectivity index (χ3n) is 4.73. The summed E-state index contributed by atoms with van der Waals surface area (Å²) in [5, 5.41) is 2.73. The summed E-state index contributed by atoms with van der Waals surface area (Å²) in [7, 11) is -3.40. The van der Waals surface area contributed by atoms with Crippen LogP contribution in [0.4, 0.5) is 0 Å². The number of hydrogen-bond donors (Lipinski definition) is 3. The number of carbonyl (C=O) groups excluding carboxylic acids is 1. The molecule has 0 aliphatic carbocycles. The molecule has 0 saturated heterocycles. The van der Waals surface area contributed by atoms with E-state index in [0.717, 1.165) is 16.7 Å². The highest BCUT2D eigenvalue weighted by Gasteiger charge is 2.14. The van der Waals surface area contributed by atoms with Gasteiger partial charge in [0.05, 0.1) is 5.75 Å². The molecule has 3 aromatic rings. The number of carbonyl (C=O) groups is 1. The number of aromatic amines is 1. The number of H-pyrrole nitrogens is 1. The van der Waals surface area contributed by atoms with Crippen LogP contribution in [0.1, 0.15) is 40.9 Å². The molecule has 1 aromatic heterocycles. The number of pyridine rings is 1. The van der Waals surface area contributed by atoms with Crippen molar-refractivity contribution in [2.75, 3.05) is 0 Å². The number of aryl methyl sites for hydroxylation is 1. The van der Waals surface area contributed by atoms with Crippen molar-refractivity contribution in [2.45, 2.75) is 39.1 Å². The van der Waals surface area contributed by atoms with Gasteiger partial charge in [-0.2, -0.15) is 0 Å². The average Bonchev–Trinajstić information content (AvgIpc) is 2.71. The molecule has 0 fully saturated rings. The zero-order valence-corrected chi connectivity index (χ0v) is 19.1. The minimum Gasteiger partial charge on any atom is -0.348 e. The molecule has 0 atom stereocenters. The van der Waals surface area contributed by atoms with E-state index >= 15 is 0 Å². The van der Waals surface area contributed by atoms with Crippen LogP contribution in [0, 0.1) is 6.92 Å². The van der Waals surface area contributed by atoms with Crippen LogP contribution in [0.25, 0.3) is 11.3 Å². The van der Waals surface area contributed by atoms with E-state index in [0.29, 0.717) is 11.3 Å². The van der Waals surface area contributed by atoms with E-state index in [1.807, 2.05) is 31.2 Å². The fourth-order valence-electron chi connectivity index (χ4n) is 3.28. The lowest BCUT2D eigenvalue weighted by molar-refractivity contribution is 0.0949. The molecule has 0 bridgehead atoms. The van der Waals surface area contributed by atoms with E-state index in [1.165, 1.54) is 6.07 Å². The van der Waals surface area contributed by atoms with Crippen molar-refractivity contribution in [3.63, 3.8) is 0 Å². The van der Waals surface area contributed by atoms with Gasteiger partial charge in [-0.15, -0.1) is 0 Å². The number of aromatic nitrogens is 1. The van der Waals surface area contributed by atoms with Crippen LogP contribution >= 0.6 is 0 Å². The fourth-order valence-corrected chi connectivity index (χ4v) is 4.72. The molecule has 8 heteroatoms. The number of benzene rings is 2. The molecule has 1 heterocycles. The number of hydrogen-bond acceptors (Lipinski definition) is 4. The topological polar surface area (TPSA) is 108 Å². The lowest BCUT2D eigenvalue weighted by atomic mass is 10.1. The minimum absolute atomic E-state index is 0.0314. The zero-order chi connectivity index (χ0) is 23.3. The molecule has 0 unspecified atom stereocenters. The quantitative estimate of drug-likeness (QED) is 0.487. The molecular formula is C24H27N3O4S. The molecule has 0 saturated carbocycles. The van der Waals surface area contributed by atoms with Gasteiger partial charge in [-0.3, -0.25) is 9.59 Å². The molecule has 32 heavy (non-hydrogen) atoms. The summed E-state index contributed by atoms with van der Waals surface area (Å²) in [6, 6.07) is 17.7. The van der Waals surface area contributed by atoms with Crippen LogP contribution in [0.2, 0.25) is 0 Å². The summed E-state index contributed by atoms with van der Waals surface area (Å²) in [6.45, 7) is 5.72. The summed E-state index contributed by atoms with van der Waals surface area (Å²) >= 11 is 0. The first kappa shape index (κ1) is 23.4. The van der Waals surface area contributed by atoms with Crippen molar-refractivity contribution in [3.05, 3.63) is 93.3 Å². The zero-order valence-electron chi connectivity index (χ0n) is 18.3. The van der Waals surface area contributed by atoms with Gasteiger partial charge < -0.3 is 10.3 Å². The highest BCUT2D eigenvalue weighted by atomic mass is 32.2. The Bertz CT molecular complexity index is 1260. The van der Waals surface area contributed by atoms with Gasteiger partial charge in [0.25, 0.3) is 11.5 Å². The second kappa shape index (κ2) is 9.93. The third kappa shape index (κ3) is 6.38. The molecule has 0 aliphatic heterocycles. The smallest absolute Gasteiger partial charge is 0.261 e. The Morgan fingerprint density at radius 1 is 1.00 bits per heavy atom. The Kier molecular flexibility index (Phi) is 7.27. The number of nitrogens with one attached hydrogen (secondary N) is 3. The SMILES string of the molecule is Cc1cccc(-c2ccc(C(=O)NCc3ccc(CS(=O)(=O)NC(C)C)cc3)c(=O)[nH]2)c1. The first-order valence-electron chi connectivity index (χ1n) is 10.3. The van der Waals surface area contributed by atoms with Crippen molar-refractivity contribution in [2.24, 2.45) is 0 Å². The summed E-state index contributed by atoms with van der Waals surface area (Å²) < 4.78 is 26.6. The molecule has 3 N–H and O–H groups in total. The largest absolute Gasteiger partial charge is 0.348 e. The van der Waals surface area contributed by atoms with Gasteiger partial charge in [0.2, 0.25) is 10.0 Å². The Balaban J connectivity index is 1.62. The maximum Gasteiger partial charge on any atom is 0.261 e. The number of amides is 1. The lowest BCUT2D eigenvalue weighted by Crippen LogP contribution is -2.31. The van der Waals surface area contributed by atoms with Crippen LogP contribution in [-0.2, 0) is 22.3 Å². The van der Waals surface area contributed by atoms with Crippen LogP contribution in [0.15, 0.2) is 65.5 Å². The van der Waals surface area contributed by atoms with Crippen molar-refractivity contribution < 1.29 is 13.2 Å². The van der Waals surface area contributed by atoms with Gasteiger partial charge in [0.1, 0.15) is 5.56 Å². The standard InChI is InChI=1S/C24H27N3O4S/c1-16(2)27-32(30,31)15-19-9-7-18(8-10-19)14-25-23(28)21-11-12-22(26-24(21)29)20-6-4-5-17(3)13-20/h4-13,16,27H,14-15H2,1-3H3,(H,25,28)(H,26,29). The number of sulfonamides is 1. The molecule has 0 radical (unpaired) electrons. The first-order chi connectivity index (χ1) is 15.1. The highest BCUT2D eigenvalue weighted by Crippen LogP contribution is 2.17. The van der Waals surface area contributed by atoms with E-state index in [1.54, 1.807) is 44.2 Å². The second-order valence-electron chi connectivity index (χ2n) is 8.02. The Morgan fingerprint density at radius 2 is 1.69 bits per heavy atom. The summed E-state index contributed by atoms with van der Waals surface area (Å²) in [5.74, 6) is -0.588. The van der Waals surface area contributed by atoms with Gasteiger partial charge in [0.15, 0.2) is 0 Å². The minimum atomic E-state index is -3.40. The predicted molar refractivity (Wildman–Crippen MR) is 126 cm³/mol. The maximum atomic E-state index is 12.5. The molecule has 2 aromatic carbocycles. The number of rotatable bonds is 8. The molecule has 1 amide bonds. The van der Waals surface area contributed by atoms with Gasteiger partial charge >= 0.3 is 0 Å². The van der Waals surface area contributed by atoms with Crippen molar-refractivity contribution in [1.82, 2.24) is 15.0 Å². The van der Waals surface area contributed by atoms with E-state index < -0.39 is 21.5 Å². The monoisotopic (exact) mass is 453 g/mol. The highest BCUT2D eigenvalue weighted by molar-refractivity contribution is 7.88. The van der Waals surface area contributed by atoms with Gasteiger partial charge in [-0.25, -0.2) is 13.1 Å². The molecule has 7 nitrogen and oxygen atoms in total. The van der Waals surface area contributed by atoms with E-state index in [-0.39, 0.29) is 23.9 Å². The van der Waals surface area contributed by atoms with Crippen LogP contribution < -0.4 is 15.6 Å². The van der Waals surface area contributed by atoms with Crippen LogP contribution in [0.3, 0.4) is 0 Å². The van der Waals surface area contributed by atoms with Gasteiger partial charge in [-0.1, -0.05) is 48.0 Å².